The number of carbonyl (C=O) groups excluding carboxylic acids is 2. The van der Waals surface area contributed by atoms with E-state index in [0.717, 1.165) is 29.5 Å². The number of aromatic nitrogens is 2. The van der Waals surface area contributed by atoms with Gasteiger partial charge in [-0.1, -0.05) is 0 Å². The SMILES string of the molecule is CC(C)NC(=O)COC(=O)CCSCc1nc2sc3c(c2c(=O)[nH]1)CCCC3. The molecule has 3 rings (SSSR count). The Morgan fingerprint density at radius 1 is 1.32 bits per heavy atom. The van der Waals surface area contributed by atoms with E-state index in [4.69, 9.17) is 4.74 Å². The first-order valence-electron chi connectivity index (χ1n) is 9.50. The quantitative estimate of drug-likeness (QED) is 0.500. The number of H-pyrrole nitrogens is 1. The molecular weight excluding hydrogens is 398 g/mol. The van der Waals surface area contributed by atoms with Crippen molar-refractivity contribution in [2.24, 2.45) is 0 Å². The number of nitrogens with one attached hydrogen (secondary N) is 2. The van der Waals surface area contributed by atoms with Crippen molar-refractivity contribution in [3.05, 3.63) is 26.6 Å². The van der Waals surface area contributed by atoms with Crippen LogP contribution in [0, 0.1) is 0 Å². The Hall–Kier alpha value is -1.87. The molecule has 2 aromatic heterocycles. The standard InChI is InChI=1S/C19H25N3O4S2/c1-11(2)20-15(23)9-26-16(24)7-8-27-10-14-21-18(25)17-12-5-3-4-6-13(12)28-19(17)22-14/h11H,3-10H2,1-2H3,(H,20,23)(H,21,22,25). The van der Waals surface area contributed by atoms with Crippen LogP contribution >= 0.6 is 23.1 Å². The number of fused-ring (bicyclic) bond motifs is 3. The van der Waals surface area contributed by atoms with E-state index >= 15 is 0 Å². The Kier molecular flexibility index (Phi) is 7.12. The monoisotopic (exact) mass is 423 g/mol. The minimum absolute atomic E-state index is 0.0163. The van der Waals surface area contributed by atoms with Gasteiger partial charge < -0.3 is 15.0 Å². The lowest BCUT2D eigenvalue weighted by atomic mass is 9.97. The number of hydrogen-bond acceptors (Lipinski definition) is 7. The van der Waals surface area contributed by atoms with Crippen LogP contribution in [0.5, 0.6) is 0 Å². The molecule has 152 valence electrons. The van der Waals surface area contributed by atoms with Crippen LogP contribution in [-0.2, 0) is 32.9 Å². The normalized spacial score (nSPS) is 13.5. The first-order chi connectivity index (χ1) is 13.4. The highest BCUT2D eigenvalue weighted by Gasteiger charge is 2.19. The van der Waals surface area contributed by atoms with Gasteiger partial charge in [0.2, 0.25) is 0 Å². The van der Waals surface area contributed by atoms with Crippen LogP contribution < -0.4 is 10.9 Å². The lowest BCUT2D eigenvalue weighted by Crippen LogP contribution is -2.34. The molecule has 0 atom stereocenters. The summed E-state index contributed by atoms with van der Waals surface area (Å²) in [6.45, 7) is 3.44. The van der Waals surface area contributed by atoms with Gasteiger partial charge in [-0.25, -0.2) is 4.98 Å². The van der Waals surface area contributed by atoms with E-state index in [0.29, 0.717) is 17.3 Å². The molecule has 0 unspecified atom stereocenters. The van der Waals surface area contributed by atoms with E-state index in [-0.39, 0.29) is 30.5 Å². The summed E-state index contributed by atoms with van der Waals surface area (Å²) in [5.74, 6) is 0.979. The van der Waals surface area contributed by atoms with E-state index in [1.54, 1.807) is 11.3 Å². The van der Waals surface area contributed by atoms with Crippen LogP contribution in [0.2, 0.25) is 0 Å². The van der Waals surface area contributed by atoms with Gasteiger partial charge in [0.05, 0.1) is 17.6 Å². The van der Waals surface area contributed by atoms with Gasteiger partial charge in [-0.2, -0.15) is 11.8 Å². The highest BCUT2D eigenvalue weighted by molar-refractivity contribution is 7.98. The summed E-state index contributed by atoms with van der Waals surface area (Å²) in [5.41, 5.74) is 1.12. The second-order valence-corrected chi connectivity index (χ2v) is 9.28. The molecular formula is C19H25N3O4S2. The molecule has 9 heteroatoms. The topological polar surface area (TPSA) is 101 Å². The molecule has 2 heterocycles. The Labute approximate surface area is 171 Å². The number of thiophene rings is 1. The van der Waals surface area contributed by atoms with Gasteiger partial charge in [-0.05, 0) is 45.1 Å². The van der Waals surface area contributed by atoms with Gasteiger partial charge in [0.25, 0.3) is 11.5 Å². The summed E-state index contributed by atoms with van der Waals surface area (Å²) in [6.07, 6.45) is 4.52. The summed E-state index contributed by atoms with van der Waals surface area (Å²) in [6, 6.07) is 0.0163. The van der Waals surface area contributed by atoms with Gasteiger partial charge in [-0.3, -0.25) is 14.4 Å². The lowest BCUT2D eigenvalue weighted by molar-refractivity contribution is -0.148. The predicted octanol–water partition coefficient (Wildman–Crippen LogP) is 2.55. The number of hydrogen-bond donors (Lipinski definition) is 2. The van der Waals surface area contributed by atoms with Gasteiger partial charge in [0, 0.05) is 16.7 Å². The number of ether oxygens (including phenoxy) is 1. The zero-order valence-corrected chi connectivity index (χ0v) is 17.8. The summed E-state index contributed by atoms with van der Waals surface area (Å²) in [7, 11) is 0. The highest BCUT2D eigenvalue weighted by atomic mass is 32.2. The third-order valence-corrected chi connectivity index (χ3v) is 6.53. The lowest BCUT2D eigenvalue weighted by Gasteiger charge is -2.09. The van der Waals surface area contributed by atoms with Gasteiger partial charge in [-0.15, -0.1) is 11.3 Å². The number of rotatable bonds is 8. The molecule has 2 aromatic rings. The Balaban J connectivity index is 1.47. The molecule has 0 saturated heterocycles. The molecule has 0 aromatic carbocycles. The van der Waals surface area contributed by atoms with Crippen molar-refractivity contribution < 1.29 is 14.3 Å². The van der Waals surface area contributed by atoms with Crippen molar-refractivity contribution >= 4 is 45.2 Å². The summed E-state index contributed by atoms with van der Waals surface area (Å²) in [4.78, 5) is 45.3. The largest absolute Gasteiger partial charge is 0.456 e. The molecule has 0 aliphatic heterocycles. The number of thioether (sulfide) groups is 1. The molecule has 1 aliphatic carbocycles. The highest BCUT2D eigenvalue weighted by Crippen LogP contribution is 2.33. The van der Waals surface area contributed by atoms with Gasteiger partial charge >= 0.3 is 5.97 Å². The molecule has 1 aliphatic rings. The number of amides is 1. The Morgan fingerprint density at radius 3 is 2.89 bits per heavy atom. The minimum Gasteiger partial charge on any atom is -0.456 e. The van der Waals surface area contributed by atoms with E-state index < -0.39 is 5.97 Å². The van der Waals surface area contributed by atoms with Crippen molar-refractivity contribution in [1.29, 1.82) is 0 Å². The molecule has 7 nitrogen and oxygen atoms in total. The summed E-state index contributed by atoms with van der Waals surface area (Å²) in [5, 5.41) is 3.42. The van der Waals surface area contributed by atoms with E-state index in [1.807, 2.05) is 13.8 Å². The third kappa shape index (κ3) is 5.35. The van der Waals surface area contributed by atoms with E-state index in [1.165, 1.54) is 28.6 Å². The molecule has 0 spiro atoms. The minimum atomic E-state index is -0.408. The number of carbonyl (C=O) groups is 2. The van der Waals surface area contributed by atoms with Crippen molar-refractivity contribution in [3.8, 4) is 0 Å². The second-order valence-electron chi connectivity index (χ2n) is 7.09. The zero-order chi connectivity index (χ0) is 20.1. The summed E-state index contributed by atoms with van der Waals surface area (Å²) >= 11 is 3.14. The molecule has 28 heavy (non-hydrogen) atoms. The molecule has 1 amide bonds. The number of aryl methyl sites for hydroxylation is 2. The van der Waals surface area contributed by atoms with Crippen LogP contribution in [0.1, 0.15) is 49.4 Å². The Bertz CT molecular complexity index is 920. The summed E-state index contributed by atoms with van der Waals surface area (Å²) < 4.78 is 4.94. The van der Waals surface area contributed by atoms with Crippen LogP contribution in [0.15, 0.2) is 4.79 Å². The van der Waals surface area contributed by atoms with Crippen LogP contribution in [0.25, 0.3) is 10.2 Å². The molecule has 0 saturated carbocycles. The maximum Gasteiger partial charge on any atom is 0.307 e. The fraction of sp³-hybridized carbons (Fsp3) is 0.579. The van der Waals surface area contributed by atoms with Crippen LogP contribution in [0.4, 0.5) is 0 Å². The first kappa shape index (κ1) is 20.9. The second kappa shape index (κ2) is 9.56. The maximum atomic E-state index is 12.5. The van der Waals surface area contributed by atoms with Gasteiger partial charge in [0.1, 0.15) is 10.7 Å². The zero-order valence-electron chi connectivity index (χ0n) is 16.1. The Morgan fingerprint density at radius 2 is 2.11 bits per heavy atom. The molecule has 2 N–H and O–H groups in total. The molecule has 0 fully saturated rings. The number of esters is 1. The average molecular weight is 424 g/mol. The van der Waals surface area contributed by atoms with E-state index in [2.05, 4.69) is 15.3 Å². The number of nitrogens with zero attached hydrogens (tertiary/aromatic N) is 1. The number of aromatic amines is 1. The first-order valence-corrected chi connectivity index (χ1v) is 11.5. The molecule has 0 bridgehead atoms. The maximum absolute atomic E-state index is 12.5. The average Bonchev–Trinajstić information content (AvgIpc) is 3.02. The van der Waals surface area contributed by atoms with Crippen molar-refractivity contribution in [3.63, 3.8) is 0 Å². The van der Waals surface area contributed by atoms with Crippen molar-refractivity contribution in [2.75, 3.05) is 12.4 Å². The third-order valence-electron chi connectivity index (χ3n) is 4.38. The fourth-order valence-corrected chi connectivity index (χ4v) is 5.25. The fourth-order valence-electron chi connectivity index (χ4n) is 3.18. The molecule has 0 radical (unpaired) electrons. The predicted molar refractivity (Wildman–Crippen MR) is 112 cm³/mol. The van der Waals surface area contributed by atoms with Crippen molar-refractivity contribution in [2.45, 2.75) is 57.7 Å². The van der Waals surface area contributed by atoms with Crippen LogP contribution in [0.3, 0.4) is 0 Å². The van der Waals surface area contributed by atoms with E-state index in [9.17, 15) is 14.4 Å². The van der Waals surface area contributed by atoms with Crippen LogP contribution in [-0.4, -0.2) is 40.2 Å². The smallest absolute Gasteiger partial charge is 0.307 e. The van der Waals surface area contributed by atoms with Crippen molar-refractivity contribution in [1.82, 2.24) is 15.3 Å². The van der Waals surface area contributed by atoms with Gasteiger partial charge in [0.15, 0.2) is 6.61 Å².